The van der Waals surface area contributed by atoms with Gasteiger partial charge in [0.15, 0.2) is 0 Å². The SMILES string of the molecule is CC1=Cc2c(C)cccc2[CH]1[Hf](=[SiH2])([c]1ccccc1)([c]1ccccc1)[CH]1C(C)=Cc2c(C)cccc21.Cl.Cl. The zero-order valence-electron chi connectivity index (χ0n) is 22.6. The van der Waals surface area contributed by atoms with Gasteiger partial charge in [-0.2, -0.15) is 0 Å². The smallest absolute Gasteiger partial charge is 0.147 e. The molecule has 194 valence electrons. The molecule has 0 radical (unpaired) electrons. The Labute approximate surface area is 242 Å². The van der Waals surface area contributed by atoms with E-state index < -0.39 is 17.1 Å². The summed E-state index contributed by atoms with van der Waals surface area (Å²) in [6.07, 6.45) is 5.02. The van der Waals surface area contributed by atoms with E-state index in [1.807, 2.05) is 0 Å². The van der Waals surface area contributed by atoms with Crippen LogP contribution < -0.4 is 6.64 Å². The van der Waals surface area contributed by atoms with Crippen molar-refractivity contribution in [3.63, 3.8) is 0 Å². The van der Waals surface area contributed by atoms with Gasteiger partial charge in [0.25, 0.3) is 0 Å². The molecule has 4 aromatic rings. The number of rotatable bonds is 4. The first kappa shape index (κ1) is 29.0. The van der Waals surface area contributed by atoms with Crippen molar-refractivity contribution in [2.45, 2.75) is 35.0 Å². The Morgan fingerprint density at radius 2 is 0.868 bits per heavy atom. The van der Waals surface area contributed by atoms with Gasteiger partial charge in [0.2, 0.25) is 0 Å². The Morgan fingerprint density at radius 3 is 1.24 bits per heavy atom. The Balaban J connectivity index is 0.00000168. The number of halogens is 2. The standard InChI is InChI=1S/2C11H11.2C6H5.2ClH.Hf.H2Si/c2*1-8-6-10-5-3-4-9(2)11(10)7-8;2*1-2-4-6-5-3-1;;;;/h2*3-7H,1-2H3;2*1-5H;2*1H;;1H2. The quantitative estimate of drug-likeness (QED) is 0.190. The molecule has 0 aliphatic heterocycles. The predicted octanol–water partition coefficient (Wildman–Crippen LogP) is 7.65. The minimum absolute atomic E-state index is 0. The second kappa shape index (κ2) is 10.5. The molecule has 2 atom stereocenters. The molecule has 0 N–H and O–H groups in total. The zero-order chi connectivity index (χ0) is 25.1. The molecular weight excluding hydrogens is 686 g/mol. The maximum absolute atomic E-state index is 4.51. The van der Waals surface area contributed by atoms with Crippen molar-refractivity contribution in [3.8, 4) is 0 Å². The Kier molecular flexibility index (Phi) is 8.05. The number of aryl methyl sites for hydroxylation is 2. The molecule has 0 saturated carbocycles. The first-order valence-corrected chi connectivity index (χ1v) is 29.1. The van der Waals surface area contributed by atoms with Crippen LogP contribution in [0.25, 0.3) is 12.2 Å². The van der Waals surface area contributed by atoms with Gasteiger partial charge >= 0.3 is 219 Å². The third-order valence-electron chi connectivity index (χ3n) is 9.22. The topological polar surface area (TPSA) is 0 Å². The summed E-state index contributed by atoms with van der Waals surface area (Å²) < 4.78 is 4.02. The van der Waals surface area contributed by atoms with E-state index in [0.717, 1.165) is 0 Å². The fourth-order valence-corrected chi connectivity index (χ4v) is 49.8. The van der Waals surface area contributed by atoms with Crippen LogP contribution in [-0.2, 0) is 17.1 Å². The van der Waals surface area contributed by atoms with Crippen molar-refractivity contribution in [2.24, 2.45) is 0 Å². The maximum atomic E-state index is 2.51. The van der Waals surface area contributed by atoms with Crippen molar-refractivity contribution in [1.82, 2.24) is 0 Å². The third-order valence-corrected chi connectivity index (χ3v) is 49.8. The van der Waals surface area contributed by atoms with Gasteiger partial charge < -0.3 is 0 Å². The molecule has 0 aromatic heterocycles. The van der Waals surface area contributed by atoms with Crippen LogP contribution in [0.4, 0.5) is 0 Å². The number of allylic oxidation sites excluding steroid dienone is 2. The van der Waals surface area contributed by atoms with E-state index in [1.54, 1.807) is 17.8 Å². The summed E-state index contributed by atoms with van der Waals surface area (Å²) in [5.41, 5.74) is 11.8. The first-order chi connectivity index (χ1) is 17.4. The van der Waals surface area contributed by atoms with Gasteiger partial charge in [-0.05, 0) is 0 Å². The molecule has 6 rings (SSSR count). The van der Waals surface area contributed by atoms with Crippen molar-refractivity contribution >= 4 is 50.5 Å². The number of benzene rings is 4. The van der Waals surface area contributed by atoms with Gasteiger partial charge in [-0.15, -0.1) is 24.8 Å². The molecule has 2 unspecified atom stereocenters. The fourth-order valence-electron chi connectivity index (χ4n) is 7.83. The molecular formula is C34H36Cl2HfSi. The fraction of sp³-hybridized carbons (Fsp3) is 0.176. The summed E-state index contributed by atoms with van der Waals surface area (Å²) in [4.78, 5) is 0. The molecule has 0 amide bonds. The monoisotopic (exact) mass is 722 g/mol. The summed E-state index contributed by atoms with van der Waals surface area (Å²) in [6, 6.07) is 37.3. The molecule has 0 spiro atoms. The van der Waals surface area contributed by atoms with Crippen LogP contribution in [-0.4, -0.2) is 6.94 Å². The molecule has 0 fully saturated rings. The molecule has 2 aliphatic rings. The molecule has 2 aliphatic carbocycles. The summed E-state index contributed by atoms with van der Waals surface area (Å²) in [5, 5.41) is 0. The predicted molar refractivity (Wildman–Crippen MR) is 170 cm³/mol. The largest absolute Gasteiger partial charge is 0.147 e. The molecule has 0 heterocycles. The van der Waals surface area contributed by atoms with Crippen LogP contribution >= 0.6 is 24.8 Å². The Hall–Kier alpha value is -1.97. The number of hydrogen-bond donors (Lipinski definition) is 0. The van der Waals surface area contributed by atoms with Gasteiger partial charge in [0.05, 0.1) is 0 Å². The van der Waals surface area contributed by atoms with Gasteiger partial charge in [-0.3, -0.25) is 0 Å². The van der Waals surface area contributed by atoms with Crippen molar-refractivity contribution < 1.29 is 17.1 Å². The molecule has 38 heavy (non-hydrogen) atoms. The van der Waals surface area contributed by atoms with Crippen LogP contribution in [0, 0.1) is 13.8 Å². The third kappa shape index (κ3) is 3.86. The summed E-state index contributed by atoms with van der Waals surface area (Å²) in [5.74, 6) is 0. The van der Waals surface area contributed by atoms with Gasteiger partial charge in [0.1, 0.15) is 0 Å². The molecule has 4 heteroatoms. The zero-order valence-corrected chi connectivity index (χ0v) is 29.2. The Morgan fingerprint density at radius 1 is 0.500 bits per heavy atom. The summed E-state index contributed by atoms with van der Waals surface area (Å²) in [6.45, 7) is 11.8. The van der Waals surface area contributed by atoms with E-state index in [4.69, 9.17) is 0 Å². The van der Waals surface area contributed by atoms with Crippen molar-refractivity contribution in [2.75, 3.05) is 0 Å². The number of hydrogen-bond acceptors (Lipinski definition) is 0. The van der Waals surface area contributed by atoms with Gasteiger partial charge in [-0.25, -0.2) is 0 Å². The van der Waals surface area contributed by atoms with Crippen LogP contribution in [0.1, 0.15) is 54.6 Å². The number of fused-ring (bicyclic) bond motifs is 2. The minimum Gasteiger partial charge on any atom is -0.147 e. The maximum Gasteiger partial charge on any atom is -0.147 e. The van der Waals surface area contributed by atoms with E-state index in [-0.39, 0.29) is 24.8 Å². The van der Waals surface area contributed by atoms with Crippen LogP contribution in [0.5, 0.6) is 0 Å². The molecule has 0 saturated heterocycles. The Bertz CT molecular complexity index is 1510. The van der Waals surface area contributed by atoms with Crippen molar-refractivity contribution in [1.29, 1.82) is 0 Å². The van der Waals surface area contributed by atoms with Crippen LogP contribution in [0.2, 0.25) is 0 Å². The van der Waals surface area contributed by atoms with Crippen molar-refractivity contribution in [3.05, 3.63) is 142 Å². The van der Waals surface area contributed by atoms with E-state index in [0.29, 0.717) is 7.35 Å². The normalized spacial score (nSPS) is 17.9. The van der Waals surface area contributed by atoms with E-state index in [9.17, 15) is 0 Å². The van der Waals surface area contributed by atoms with Gasteiger partial charge in [0, 0.05) is 0 Å². The molecule has 4 aromatic carbocycles. The van der Waals surface area contributed by atoms with Crippen LogP contribution in [0.15, 0.2) is 108 Å². The second-order valence-corrected chi connectivity index (χ2v) is 43.6. The average Bonchev–Trinajstić information content (AvgIpc) is 3.43. The van der Waals surface area contributed by atoms with E-state index in [2.05, 4.69) is 144 Å². The summed E-state index contributed by atoms with van der Waals surface area (Å²) in [7, 11) is 0. The van der Waals surface area contributed by atoms with E-state index in [1.165, 1.54) is 33.4 Å². The van der Waals surface area contributed by atoms with Crippen LogP contribution in [0.3, 0.4) is 0 Å². The first-order valence-electron chi connectivity index (χ1n) is 13.0. The molecule has 0 bridgehead atoms. The van der Waals surface area contributed by atoms with Gasteiger partial charge in [-0.1, -0.05) is 0 Å². The summed E-state index contributed by atoms with van der Waals surface area (Å²) >= 11 is -4.51. The minimum atomic E-state index is -4.51. The average molecular weight is 722 g/mol. The van der Waals surface area contributed by atoms with E-state index >= 15 is 0 Å². The second-order valence-electron chi connectivity index (χ2n) is 11.2. The molecule has 0 nitrogen and oxygen atoms in total.